The summed E-state index contributed by atoms with van der Waals surface area (Å²) in [6.07, 6.45) is 5.09. The van der Waals surface area contributed by atoms with Crippen molar-refractivity contribution in [3.63, 3.8) is 0 Å². The van der Waals surface area contributed by atoms with Gasteiger partial charge in [-0.2, -0.15) is 0 Å². The predicted octanol–water partition coefficient (Wildman–Crippen LogP) is 4.61. The van der Waals surface area contributed by atoms with Crippen molar-refractivity contribution < 1.29 is 0 Å². The van der Waals surface area contributed by atoms with Crippen molar-refractivity contribution in [1.29, 1.82) is 0 Å². The Morgan fingerprint density at radius 1 is 1.12 bits per heavy atom. The summed E-state index contributed by atoms with van der Waals surface area (Å²) in [5, 5.41) is 3.76. The Labute approximate surface area is 107 Å². The molecule has 0 saturated carbocycles. The largest absolute Gasteiger partial charge is 0.307 e. The quantitative estimate of drug-likeness (QED) is 0.725. The number of nitrogens with one attached hydrogen (secondary N) is 1. The molecule has 0 aliphatic carbocycles. The van der Waals surface area contributed by atoms with Crippen LogP contribution < -0.4 is 5.32 Å². The maximum atomic E-state index is 3.76. The van der Waals surface area contributed by atoms with Gasteiger partial charge in [0, 0.05) is 12.1 Å². The van der Waals surface area contributed by atoms with E-state index in [0.717, 1.165) is 0 Å². The minimum atomic E-state index is 0.456. The van der Waals surface area contributed by atoms with Crippen LogP contribution in [0.2, 0.25) is 0 Å². The molecule has 1 aromatic rings. The Kier molecular flexibility index (Phi) is 6.28. The molecule has 0 bridgehead atoms. The maximum absolute atomic E-state index is 3.76. The first-order valence-electron chi connectivity index (χ1n) is 7.00. The van der Waals surface area contributed by atoms with Crippen LogP contribution in [-0.2, 0) is 0 Å². The molecule has 0 radical (unpaired) electrons. The fraction of sp³-hybridized carbons (Fsp3) is 0.625. The van der Waals surface area contributed by atoms with Crippen LogP contribution in [-0.4, -0.2) is 6.04 Å². The summed E-state index contributed by atoms with van der Waals surface area (Å²) in [5.74, 6) is 0. The third-order valence-corrected chi connectivity index (χ3v) is 3.30. The summed E-state index contributed by atoms with van der Waals surface area (Å²) in [4.78, 5) is 0. The molecule has 0 spiro atoms. The van der Waals surface area contributed by atoms with E-state index in [0.29, 0.717) is 12.1 Å². The van der Waals surface area contributed by atoms with Crippen LogP contribution >= 0.6 is 0 Å². The highest BCUT2D eigenvalue weighted by atomic mass is 14.9. The number of benzene rings is 1. The second-order valence-electron chi connectivity index (χ2n) is 5.08. The molecule has 0 aliphatic rings. The second-order valence-corrected chi connectivity index (χ2v) is 5.08. The predicted molar refractivity (Wildman–Crippen MR) is 76.3 cm³/mol. The highest BCUT2D eigenvalue weighted by Crippen LogP contribution is 2.17. The van der Waals surface area contributed by atoms with Crippen molar-refractivity contribution in [3.05, 3.63) is 35.4 Å². The highest BCUT2D eigenvalue weighted by Gasteiger charge is 2.11. The topological polar surface area (TPSA) is 12.0 Å². The van der Waals surface area contributed by atoms with Gasteiger partial charge in [0.25, 0.3) is 0 Å². The lowest BCUT2D eigenvalue weighted by Crippen LogP contribution is -2.31. The highest BCUT2D eigenvalue weighted by molar-refractivity contribution is 5.24. The summed E-state index contributed by atoms with van der Waals surface area (Å²) in [7, 11) is 0. The van der Waals surface area contributed by atoms with E-state index in [1.807, 2.05) is 0 Å². The molecule has 0 aromatic heterocycles. The lowest BCUT2D eigenvalue weighted by molar-refractivity contribution is 0.402. The van der Waals surface area contributed by atoms with E-state index in [1.165, 1.54) is 36.8 Å². The fourth-order valence-electron chi connectivity index (χ4n) is 2.40. The minimum absolute atomic E-state index is 0.456. The van der Waals surface area contributed by atoms with E-state index in [2.05, 4.69) is 57.3 Å². The van der Waals surface area contributed by atoms with Crippen LogP contribution in [0.15, 0.2) is 24.3 Å². The molecule has 1 N–H and O–H groups in total. The Morgan fingerprint density at radius 2 is 1.76 bits per heavy atom. The van der Waals surface area contributed by atoms with Gasteiger partial charge in [0.05, 0.1) is 0 Å². The SMILES string of the molecule is CCCC(CCC)N[C@@H](C)c1cccc(C)c1. The van der Waals surface area contributed by atoms with Crippen LogP contribution in [0.1, 0.15) is 63.6 Å². The average molecular weight is 233 g/mol. The summed E-state index contributed by atoms with van der Waals surface area (Å²) in [5.41, 5.74) is 2.75. The van der Waals surface area contributed by atoms with E-state index < -0.39 is 0 Å². The molecule has 1 aromatic carbocycles. The molecule has 1 rings (SSSR count). The van der Waals surface area contributed by atoms with Crippen LogP contribution in [0.25, 0.3) is 0 Å². The van der Waals surface area contributed by atoms with Gasteiger partial charge in [-0.05, 0) is 32.3 Å². The summed E-state index contributed by atoms with van der Waals surface area (Å²) < 4.78 is 0. The molecular weight excluding hydrogens is 206 g/mol. The number of hydrogen-bond donors (Lipinski definition) is 1. The molecule has 1 nitrogen and oxygen atoms in total. The fourth-order valence-corrected chi connectivity index (χ4v) is 2.40. The average Bonchev–Trinajstić information content (AvgIpc) is 2.29. The summed E-state index contributed by atoms with van der Waals surface area (Å²) >= 11 is 0. The second kappa shape index (κ2) is 7.50. The molecule has 0 fully saturated rings. The van der Waals surface area contributed by atoms with Gasteiger partial charge in [-0.3, -0.25) is 0 Å². The van der Waals surface area contributed by atoms with Crippen molar-refractivity contribution in [2.75, 3.05) is 0 Å². The molecule has 0 saturated heterocycles. The first kappa shape index (κ1) is 14.2. The van der Waals surface area contributed by atoms with Crippen molar-refractivity contribution in [2.45, 2.75) is 65.5 Å². The number of rotatable bonds is 7. The molecule has 96 valence electrons. The zero-order valence-electron chi connectivity index (χ0n) is 11.8. The van der Waals surface area contributed by atoms with Gasteiger partial charge in [-0.25, -0.2) is 0 Å². The van der Waals surface area contributed by atoms with Gasteiger partial charge < -0.3 is 5.32 Å². The summed E-state index contributed by atoms with van der Waals surface area (Å²) in [6.45, 7) is 8.96. The monoisotopic (exact) mass is 233 g/mol. The smallest absolute Gasteiger partial charge is 0.0294 e. The Hall–Kier alpha value is -0.820. The molecule has 0 aliphatic heterocycles. The molecule has 0 amide bonds. The third kappa shape index (κ3) is 4.91. The zero-order chi connectivity index (χ0) is 12.7. The summed E-state index contributed by atoms with van der Waals surface area (Å²) in [6, 6.07) is 9.94. The van der Waals surface area contributed by atoms with Gasteiger partial charge in [0.1, 0.15) is 0 Å². The van der Waals surface area contributed by atoms with Gasteiger partial charge in [-0.1, -0.05) is 56.5 Å². The zero-order valence-corrected chi connectivity index (χ0v) is 11.8. The van der Waals surface area contributed by atoms with Crippen LogP contribution in [0.5, 0.6) is 0 Å². The van der Waals surface area contributed by atoms with E-state index in [9.17, 15) is 0 Å². The Balaban J connectivity index is 2.59. The minimum Gasteiger partial charge on any atom is -0.307 e. The van der Waals surface area contributed by atoms with Crippen molar-refractivity contribution in [3.8, 4) is 0 Å². The normalized spacial score (nSPS) is 13.0. The van der Waals surface area contributed by atoms with E-state index in [-0.39, 0.29) is 0 Å². The standard InChI is InChI=1S/C16H27N/c1-5-8-16(9-6-2)17-14(4)15-11-7-10-13(3)12-15/h7,10-12,14,16-17H,5-6,8-9H2,1-4H3/t14-/m0/s1. The van der Waals surface area contributed by atoms with Gasteiger partial charge in [0.15, 0.2) is 0 Å². The van der Waals surface area contributed by atoms with Crippen LogP contribution in [0.4, 0.5) is 0 Å². The number of aryl methyl sites for hydroxylation is 1. The Bertz CT molecular complexity index is 313. The van der Waals surface area contributed by atoms with E-state index in [1.54, 1.807) is 0 Å². The molecule has 0 heterocycles. The van der Waals surface area contributed by atoms with Gasteiger partial charge >= 0.3 is 0 Å². The first-order valence-corrected chi connectivity index (χ1v) is 7.00. The molecule has 0 unspecified atom stereocenters. The lowest BCUT2D eigenvalue weighted by Gasteiger charge is -2.23. The van der Waals surface area contributed by atoms with Gasteiger partial charge in [0.2, 0.25) is 0 Å². The van der Waals surface area contributed by atoms with Crippen LogP contribution in [0, 0.1) is 6.92 Å². The molecule has 17 heavy (non-hydrogen) atoms. The maximum Gasteiger partial charge on any atom is 0.0294 e. The molecule has 1 heteroatoms. The first-order chi connectivity index (χ1) is 8.17. The van der Waals surface area contributed by atoms with Crippen molar-refractivity contribution in [2.24, 2.45) is 0 Å². The molecular formula is C16H27N. The van der Waals surface area contributed by atoms with Crippen molar-refractivity contribution in [1.82, 2.24) is 5.32 Å². The Morgan fingerprint density at radius 3 is 2.29 bits per heavy atom. The lowest BCUT2D eigenvalue weighted by atomic mass is 10.0. The van der Waals surface area contributed by atoms with Gasteiger partial charge in [-0.15, -0.1) is 0 Å². The number of hydrogen-bond acceptors (Lipinski definition) is 1. The molecule has 1 atom stereocenters. The van der Waals surface area contributed by atoms with E-state index >= 15 is 0 Å². The van der Waals surface area contributed by atoms with Crippen LogP contribution in [0.3, 0.4) is 0 Å². The van der Waals surface area contributed by atoms with E-state index in [4.69, 9.17) is 0 Å². The van der Waals surface area contributed by atoms with Crippen molar-refractivity contribution >= 4 is 0 Å². The third-order valence-electron chi connectivity index (χ3n) is 3.30.